The van der Waals surface area contributed by atoms with Gasteiger partial charge in [-0.15, -0.1) is 0 Å². The number of carbonyl (C=O) groups is 2. The SMILES string of the molecule is COCC(COCC(CO)COCC1COC(=O)O1)OC=O. The number of ether oxygens (including phenoxy) is 6. The molecule has 0 spiro atoms. The molecule has 1 heterocycles. The average molecular weight is 322 g/mol. The first-order valence-corrected chi connectivity index (χ1v) is 6.87. The summed E-state index contributed by atoms with van der Waals surface area (Å²) in [4.78, 5) is 21.0. The minimum absolute atomic E-state index is 0.121. The Kier molecular flexibility index (Phi) is 9.47. The second-order valence-corrected chi connectivity index (χ2v) is 4.73. The molecule has 0 amide bonds. The molecule has 9 nitrogen and oxygen atoms in total. The zero-order chi connectivity index (χ0) is 16.2. The van der Waals surface area contributed by atoms with Crippen molar-refractivity contribution in [2.75, 3.05) is 53.4 Å². The molecule has 0 aromatic rings. The fourth-order valence-corrected chi connectivity index (χ4v) is 1.72. The van der Waals surface area contributed by atoms with Crippen molar-refractivity contribution in [2.45, 2.75) is 12.2 Å². The lowest BCUT2D eigenvalue weighted by Crippen LogP contribution is -2.29. The first-order chi connectivity index (χ1) is 10.7. The van der Waals surface area contributed by atoms with E-state index in [4.69, 9.17) is 23.7 Å². The van der Waals surface area contributed by atoms with Crippen LogP contribution in [0.15, 0.2) is 0 Å². The van der Waals surface area contributed by atoms with Crippen LogP contribution in [0, 0.1) is 5.92 Å². The normalized spacial score (nSPS) is 20.1. The van der Waals surface area contributed by atoms with Crippen molar-refractivity contribution in [3.63, 3.8) is 0 Å². The van der Waals surface area contributed by atoms with E-state index in [9.17, 15) is 14.7 Å². The van der Waals surface area contributed by atoms with E-state index in [0.717, 1.165) is 0 Å². The van der Waals surface area contributed by atoms with Crippen molar-refractivity contribution in [1.82, 2.24) is 0 Å². The van der Waals surface area contributed by atoms with E-state index in [1.165, 1.54) is 7.11 Å². The smallest absolute Gasteiger partial charge is 0.460 e. The lowest BCUT2D eigenvalue weighted by molar-refractivity contribution is -0.140. The largest absolute Gasteiger partial charge is 0.508 e. The summed E-state index contributed by atoms with van der Waals surface area (Å²) in [6.45, 7) is 1.45. The highest BCUT2D eigenvalue weighted by atomic mass is 16.8. The zero-order valence-electron chi connectivity index (χ0n) is 12.5. The second-order valence-electron chi connectivity index (χ2n) is 4.73. The maximum absolute atomic E-state index is 10.7. The minimum Gasteiger partial charge on any atom is -0.460 e. The summed E-state index contributed by atoms with van der Waals surface area (Å²) in [5, 5.41) is 9.25. The van der Waals surface area contributed by atoms with Crippen molar-refractivity contribution < 1.29 is 43.1 Å². The van der Waals surface area contributed by atoms with Crippen molar-refractivity contribution in [3.8, 4) is 0 Å². The number of methoxy groups -OCH3 is 1. The fraction of sp³-hybridized carbons (Fsp3) is 0.846. The number of aliphatic hydroxyl groups is 1. The molecule has 1 rings (SSSR count). The van der Waals surface area contributed by atoms with Gasteiger partial charge < -0.3 is 33.5 Å². The van der Waals surface area contributed by atoms with Crippen LogP contribution in [0.4, 0.5) is 4.79 Å². The molecule has 0 saturated carbocycles. The third-order valence-electron chi connectivity index (χ3n) is 2.82. The van der Waals surface area contributed by atoms with Crippen LogP contribution in [0.25, 0.3) is 0 Å². The van der Waals surface area contributed by atoms with Gasteiger partial charge in [-0.05, 0) is 0 Å². The van der Waals surface area contributed by atoms with Gasteiger partial charge in [0.1, 0.15) is 12.7 Å². The lowest BCUT2D eigenvalue weighted by Gasteiger charge is -2.18. The number of cyclic esters (lactones) is 2. The van der Waals surface area contributed by atoms with Crippen LogP contribution in [-0.4, -0.2) is 83.3 Å². The molecule has 1 saturated heterocycles. The van der Waals surface area contributed by atoms with Gasteiger partial charge in [0.2, 0.25) is 0 Å². The predicted molar refractivity (Wildman–Crippen MR) is 71.2 cm³/mol. The van der Waals surface area contributed by atoms with Gasteiger partial charge in [-0.1, -0.05) is 0 Å². The van der Waals surface area contributed by atoms with Gasteiger partial charge in [-0.25, -0.2) is 4.79 Å². The Labute approximate surface area is 128 Å². The van der Waals surface area contributed by atoms with Crippen LogP contribution >= 0.6 is 0 Å². The molecule has 0 aromatic heterocycles. The van der Waals surface area contributed by atoms with E-state index >= 15 is 0 Å². The van der Waals surface area contributed by atoms with E-state index in [0.29, 0.717) is 6.47 Å². The van der Waals surface area contributed by atoms with Crippen molar-refractivity contribution in [3.05, 3.63) is 0 Å². The fourth-order valence-electron chi connectivity index (χ4n) is 1.72. The van der Waals surface area contributed by atoms with Gasteiger partial charge >= 0.3 is 6.16 Å². The monoisotopic (exact) mass is 322 g/mol. The van der Waals surface area contributed by atoms with Crippen LogP contribution in [-0.2, 0) is 33.2 Å². The first-order valence-electron chi connectivity index (χ1n) is 6.87. The highest BCUT2D eigenvalue weighted by molar-refractivity contribution is 5.61. The second kappa shape index (κ2) is 11.2. The molecule has 0 aliphatic carbocycles. The Morgan fingerprint density at radius 3 is 2.68 bits per heavy atom. The predicted octanol–water partition coefficient (Wildman–Crippen LogP) is -0.648. The molecule has 22 heavy (non-hydrogen) atoms. The summed E-state index contributed by atoms with van der Waals surface area (Å²) in [6.07, 6.45) is -1.60. The van der Waals surface area contributed by atoms with Crippen LogP contribution in [0.5, 0.6) is 0 Å². The Morgan fingerprint density at radius 2 is 2.09 bits per heavy atom. The molecule has 128 valence electrons. The molecule has 3 unspecified atom stereocenters. The van der Waals surface area contributed by atoms with Crippen molar-refractivity contribution in [2.24, 2.45) is 5.92 Å². The number of carbonyl (C=O) groups excluding carboxylic acids is 2. The molecule has 3 atom stereocenters. The van der Waals surface area contributed by atoms with Gasteiger partial charge in [0.05, 0.1) is 39.6 Å². The number of rotatable bonds is 13. The van der Waals surface area contributed by atoms with Gasteiger partial charge in [0.15, 0.2) is 6.10 Å². The van der Waals surface area contributed by atoms with E-state index in [1.54, 1.807) is 0 Å². The van der Waals surface area contributed by atoms with E-state index < -0.39 is 18.4 Å². The molecule has 1 aliphatic heterocycles. The van der Waals surface area contributed by atoms with E-state index in [2.05, 4.69) is 4.74 Å². The molecule has 1 fully saturated rings. The van der Waals surface area contributed by atoms with Gasteiger partial charge in [0.25, 0.3) is 6.47 Å². The summed E-state index contributed by atoms with van der Waals surface area (Å²) < 4.78 is 29.8. The highest BCUT2D eigenvalue weighted by Crippen LogP contribution is 2.07. The van der Waals surface area contributed by atoms with E-state index in [1.807, 2.05) is 0 Å². The Morgan fingerprint density at radius 1 is 1.32 bits per heavy atom. The maximum atomic E-state index is 10.7. The van der Waals surface area contributed by atoms with Crippen LogP contribution in [0.3, 0.4) is 0 Å². The molecule has 0 bridgehead atoms. The highest BCUT2D eigenvalue weighted by Gasteiger charge is 2.25. The third kappa shape index (κ3) is 7.55. The number of hydrogen-bond acceptors (Lipinski definition) is 9. The summed E-state index contributed by atoms with van der Waals surface area (Å²) in [7, 11) is 1.49. The molecular weight excluding hydrogens is 300 g/mol. The third-order valence-corrected chi connectivity index (χ3v) is 2.82. The molecule has 9 heteroatoms. The minimum atomic E-state index is -0.699. The Balaban J connectivity index is 2.12. The maximum Gasteiger partial charge on any atom is 0.508 e. The number of aliphatic hydroxyl groups excluding tert-OH is 1. The molecule has 1 N–H and O–H groups in total. The topological polar surface area (TPSA) is 110 Å². The summed E-state index contributed by atoms with van der Waals surface area (Å²) in [6, 6.07) is 0. The number of hydrogen-bond donors (Lipinski definition) is 1. The molecule has 0 radical (unpaired) electrons. The Bertz CT molecular complexity index is 323. The van der Waals surface area contributed by atoms with Gasteiger partial charge in [-0.3, -0.25) is 4.79 Å². The molecule has 1 aliphatic rings. The van der Waals surface area contributed by atoms with Gasteiger partial charge in [-0.2, -0.15) is 0 Å². The molecule has 0 aromatic carbocycles. The van der Waals surface area contributed by atoms with E-state index in [-0.39, 0.29) is 52.2 Å². The standard InChI is InChI=1S/C13H22O9/c1-17-5-11(21-9-15)6-18-3-10(2-14)4-19-7-12-8-20-13(16)22-12/h9-12,14H,2-8H2,1H3. The quantitative estimate of drug-likeness (QED) is 0.349. The average Bonchev–Trinajstić information content (AvgIpc) is 2.91. The summed E-state index contributed by atoms with van der Waals surface area (Å²) in [5.41, 5.74) is 0. The summed E-state index contributed by atoms with van der Waals surface area (Å²) in [5.74, 6) is -0.238. The molecular formula is C13H22O9. The van der Waals surface area contributed by atoms with Crippen molar-refractivity contribution in [1.29, 1.82) is 0 Å². The van der Waals surface area contributed by atoms with Crippen LogP contribution in [0.1, 0.15) is 0 Å². The van der Waals surface area contributed by atoms with Crippen LogP contribution in [0.2, 0.25) is 0 Å². The Hall–Kier alpha value is -1.42. The zero-order valence-corrected chi connectivity index (χ0v) is 12.5. The van der Waals surface area contributed by atoms with Crippen molar-refractivity contribution >= 4 is 12.6 Å². The van der Waals surface area contributed by atoms with Gasteiger partial charge in [0, 0.05) is 13.0 Å². The van der Waals surface area contributed by atoms with Crippen LogP contribution < -0.4 is 0 Å². The summed E-state index contributed by atoms with van der Waals surface area (Å²) >= 11 is 0. The first kappa shape index (κ1) is 18.6. The lowest BCUT2D eigenvalue weighted by atomic mass is 10.2.